The van der Waals surface area contributed by atoms with Crippen molar-refractivity contribution in [1.82, 2.24) is 0 Å². The highest BCUT2D eigenvalue weighted by Crippen LogP contribution is 2.20. The SMILES string of the molecule is COC(=O)C(O)C(O)c1cccc(NN)c1. The number of ether oxygens (including phenoxy) is 1. The molecular weight excluding hydrogens is 212 g/mol. The van der Waals surface area contributed by atoms with E-state index in [1.165, 1.54) is 6.07 Å². The second kappa shape index (κ2) is 5.45. The van der Waals surface area contributed by atoms with Crippen molar-refractivity contribution in [3.63, 3.8) is 0 Å². The van der Waals surface area contributed by atoms with Crippen LogP contribution in [0.15, 0.2) is 24.3 Å². The van der Waals surface area contributed by atoms with Gasteiger partial charge in [-0.25, -0.2) is 4.79 Å². The standard InChI is InChI=1S/C10H14N2O4/c1-16-10(15)9(14)8(13)6-3-2-4-7(5-6)12-11/h2-5,8-9,12-14H,11H2,1H3. The summed E-state index contributed by atoms with van der Waals surface area (Å²) >= 11 is 0. The molecule has 5 N–H and O–H groups in total. The summed E-state index contributed by atoms with van der Waals surface area (Å²) in [5.74, 6) is 4.30. The highest BCUT2D eigenvalue weighted by Gasteiger charge is 2.26. The van der Waals surface area contributed by atoms with Crippen molar-refractivity contribution in [3.8, 4) is 0 Å². The van der Waals surface area contributed by atoms with Crippen LogP contribution in [-0.2, 0) is 9.53 Å². The monoisotopic (exact) mass is 226 g/mol. The Bertz CT molecular complexity index is 370. The lowest BCUT2D eigenvalue weighted by Crippen LogP contribution is -2.29. The van der Waals surface area contributed by atoms with Crippen LogP contribution in [0.25, 0.3) is 0 Å². The van der Waals surface area contributed by atoms with E-state index in [9.17, 15) is 15.0 Å². The minimum Gasteiger partial charge on any atom is -0.467 e. The van der Waals surface area contributed by atoms with Crippen LogP contribution in [0, 0.1) is 0 Å². The third-order valence-electron chi connectivity index (χ3n) is 2.14. The Morgan fingerprint density at radius 2 is 2.19 bits per heavy atom. The Morgan fingerprint density at radius 3 is 2.75 bits per heavy atom. The van der Waals surface area contributed by atoms with Crippen molar-refractivity contribution in [2.24, 2.45) is 5.84 Å². The van der Waals surface area contributed by atoms with Crippen molar-refractivity contribution >= 4 is 11.7 Å². The second-order valence-corrected chi connectivity index (χ2v) is 3.18. The molecule has 1 aromatic rings. The van der Waals surface area contributed by atoms with Crippen LogP contribution < -0.4 is 11.3 Å². The first-order valence-electron chi connectivity index (χ1n) is 4.60. The molecule has 0 aliphatic rings. The van der Waals surface area contributed by atoms with Crippen LogP contribution in [0.5, 0.6) is 0 Å². The number of hydrogen-bond acceptors (Lipinski definition) is 6. The molecule has 0 heterocycles. The predicted octanol–water partition coefficient (Wildman–Crippen LogP) is -0.461. The van der Waals surface area contributed by atoms with Crippen molar-refractivity contribution in [3.05, 3.63) is 29.8 Å². The third-order valence-corrected chi connectivity index (χ3v) is 2.14. The summed E-state index contributed by atoms with van der Waals surface area (Å²) in [7, 11) is 1.14. The van der Waals surface area contributed by atoms with Crippen LogP contribution in [0.3, 0.4) is 0 Å². The summed E-state index contributed by atoms with van der Waals surface area (Å²) in [5.41, 5.74) is 3.33. The molecule has 0 aliphatic carbocycles. The molecule has 1 rings (SSSR count). The van der Waals surface area contributed by atoms with Gasteiger partial charge >= 0.3 is 5.97 Å². The number of benzene rings is 1. The number of nitrogens with two attached hydrogens (primary N) is 1. The fraction of sp³-hybridized carbons (Fsp3) is 0.300. The van der Waals surface area contributed by atoms with Gasteiger partial charge in [0.1, 0.15) is 6.10 Å². The molecule has 0 saturated heterocycles. The number of carbonyl (C=O) groups is 1. The van der Waals surface area contributed by atoms with Crippen LogP contribution >= 0.6 is 0 Å². The first kappa shape index (κ1) is 12.4. The van der Waals surface area contributed by atoms with E-state index in [0.717, 1.165) is 7.11 Å². The first-order valence-corrected chi connectivity index (χ1v) is 4.60. The zero-order valence-corrected chi connectivity index (χ0v) is 8.75. The Kier molecular flexibility index (Phi) is 4.24. The number of anilines is 1. The molecule has 0 saturated carbocycles. The summed E-state index contributed by atoms with van der Waals surface area (Å²) in [6.07, 6.45) is -2.96. The fourth-order valence-corrected chi connectivity index (χ4v) is 1.24. The Hall–Kier alpha value is -1.63. The molecule has 0 radical (unpaired) electrons. The molecule has 6 nitrogen and oxygen atoms in total. The van der Waals surface area contributed by atoms with Gasteiger partial charge in [0.05, 0.1) is 7.11 Å². The summed E-state index contributed by atoms with van der Waals surface area (Å²) in [5, 5.41) is 19.1. The van der Waals surface area contributed by atoms with E-state index in [1.54, 1.807) is 18.2 Å². The number of hydrazine groups is 1. The van der Waals surface area contributed by atoms with Gasteiger partial charge in [-0.1, -0.05) is 12.1 Å². The molecule has 0 aromatic heterocycles. The third kappa shape index (κ3) is 2.69. The molecule has 0 fully saturated rings. The zero-order valence-electron chi connectivity index (χ0n) is 8.75. The lowest BCUT2D eigenvalue weighted by atomic mass is 10.0. The maximum atomic E-state index is 11.0. The summed E-state index contributed by atoms with van der Waals surface area (Å²) in [6.45, 7) is 0. The van der Waals surface area contributed by atoms with Gasteiger partial charge in [0.15, 0.2) is 6.10 Å². The minimum atomic E-state index is -1.61. The molecule has 0 aliphatic heterocycles. The highest BCUT2D eigenvalue weighted by molar-refractivity contribution is 5.75. The Morgan fingerprint density at radius 1 is 1.50 bits per heavy atom. The van der Waals surface area contributed by atoms with Gasteiger partial charge in [0, 0.05) is 5.69 Å². The zero-order chi connectivity index (χ0) is 12.1. The normalized spacial score (nSPS) is 14.0. The molecule has 2 unspecified atom stereocenters. The number of methoxy groups -OCH3 is 1. The smallest absolute Gasteiger partial charge is 0.337 e. The number of nitrogen functional groups attached to an aromatic ring is 1. The number of nitrogens with one attached hydrogen (secondary N) is 1. The predicted molar refractivity (Wildman–Crippen MR) is 57.2 cm³/mol. The molecule has 88 valence electrons. The van der Waals surface area contributed by atoms with E-state index < -0.39 is 18.2 Å². The molecule has 6 heteroatoms. The van der Waals surface area contributed by atoms with E-state index >= 15 is 0 Å². The summed E-state index contributed by atoms with van der Waals surface area (Å²) in [6, 6.07) is 6.41. The van der Waals surface area contributed by atoms with Gasteiger partial charge in [-0.3, -0.25) is 5.84 Å². The van der Waals surface area contributed by atoms with E-state index in [-0.39, 0.29) is 0 Å². The largest absolute Gasteiger partial charge is 0.467 e. The number of rotatable bonds is 4. The number of carbonyl (C=O) groups excluding carboxylic acids is 1. The average Bonchev–Trinajstić information content (AvgIpc) is 2.36. The average molecular weight is 226 g/mol. The molecule has 1 aromatic carbocycles. The Labute approximate surface area is 92.6 Å². The molecular formula is C10H14N2O4. The van der Waals surface area contributed by atoms with Crippen molar-refractivity contribution in [1.29, 1.82) is 0 Å². The molecule has 0 bridgehead atoms. The van der Waals surface area contributed by atoms with E-state index in [4.69, 9.17) is 5.84 Å². The Balaban J connectivity index is 2.86. The summed E-state index contributed by atoms with van der Waals surface area (Å²) < 4.78 is 4.32. The van der Waals surface area contributed by atoms with Crippen LogP contribution in [0.1, 0.15) is 11.7 Å². The minimum absolute atomic E-state index is 0.369. The van der Waals surface area contributed by atoms with E-state index in [1.807, 2.05) is 0 Å². The van der Waals surface area contributed by atoms with Gasteiger partial charge in [-0.15, -0.1) is 0 Å². The van der Waals surface area contributed by atoms with Crippen LogP contribution in [0.4, 0.5) is 5.69 Å². The highest BCUT2D eigenvalue weighted by atomic mass is 16.5. The lowest BCUT2D eigenvalue weighted by Gasteiger charge is -2.16. The first-order chi connectivity index (χ1) is 7.60. The second-order valence-electron chi connectivity index (χ2n) is 3.18. The number of esters is 1. The number of aliphatic hydroxyl groups excluding tert-OH is 2. The molecule has 0 amide bonds. The maximum Gasteiger partial charge on any atom is 0.337 e. The quantitative estimate of drug-likeness (QED) is 0.314. The van der Waals surface area contributed by atoms with E-state index in [0.29, 0.717) is 11.3 Å². The van der Waals surface area contributed by atoms with Gasteiger partial charge in [0.25, 0.3) is 0 Å². The summed E-state index contributed by atoms with van der Waals surface area (Å²) in [4.78, 5) is 11.0. The number of hydrogen-bond donors (Lipinski definition) is 4. The van der Waals surface area contributed by atoms with Crippen molar-refractivity contribution < 1.29 is 19.7 Å². The maximum absolute atomic E-state index is 11.0. The van der Waals surface area contributed by atoms with Gasteiger partial charge < -0.3 is 20.4 Å². The van der Waals surface area contributed by atoms with Crippen LogP contribution in [0.2, 0.25) is 0 Å². The lowest BCUT2D eigenvalue weighted by molar-refractivity contribution is -0.156. The molecule has 16 heavy (non-hydrogen) atoms. The van der Waals surface area contributed by atoms with Crippen molar-refractivity contribution in [2.75, 3.05) is 12.5 Å². The molecule has 0 spiro atoms. The van der Waals surface area contributed by atoms with Crippen LogP contribution in [-0.4, -0.2) is 29.4 Å². The van der Waals surface area contributed by atoms with Gasteiger partial charge in [-0.05, 0) is 17.7 Å². The topological polar surface area (TPSA) is 105 Å². The van der Waals surface area contributed by atoms with Crippen molar-refractivity contribution in [2.45, 2.75) is 12.2 Å². The molecule has 2 atom stereocenters. The van der Waals surface area contributed by atoms with Gasteiger partial charge in [0.2, 0.25) is 0 Å². The number of aliphatic hydroxyl groups is 2. The fourth-order valence-electron chi connectivity index (χ4n) is 1.24. The van der Waals surface area contributed by atoms with E-state index in [2.05, 4.69) is 10.2 Å². The van der Waals surface area contributed by atoms with Gasteiger partial charge in [-0.2, -0.15) is 0 Å².